The summed E-state index contributed by atoms with van der Waals surface area (Å²) in [6, 6.07) is 1.90. The smallest absolute Gasteiger partial charge is 0.225 e. The number of rotatable bonds is 5. The van der Waals surface area contributed by atoms with Crippen LogP contribution in [0.4, 0.5) is 5.82 Å². The minimum atomic E-state index is -2.93. The molecule has 2 aliphatic rings. The molecule has 3 rings (SSSR count). The minimum absolute atomic E-state index is 0.0550. The van der Waals surface area contributed by atoms with E-state index in [0.29, 0.717) is 12.2 Å². The Labute approximate surface area is 137 Å². The van der Waals surface area contributed by atoms with Crippen molar-refractivity contribution in [1.82, 2.24) is 10.2 Å². The lowest BCUT2D eigenvalue weighted by Gasteiger charge is -2.20. The predicted molar refractivity (Wildman–Crippen MR) is 88.9 cm³/mol. The van der Waals surface area contributed by atoms with Gasteiger partial charge in [0.1, 0.15) is 0 Å². The number of hydrogen-bond donors (Lipinski definition) is 2. The van der Waals surface area contributed by atoms with Crippen molar-refractivity contribution in [3.05, 3.63) is 11.8 Å². The molecular formula is C16H25N3O3S. The van der Waals surface area contributed by atoms with Gasteiger partial charge in [0.25, 0.3) is 0 Å². The van der Waals surface area contributed by atoms with Gasteiger partial charge in [-0.3, -0.25) is 9.89 Å². The van der Waals surface area contributed by atoms with Crippen molar-refractivity contribution in [2.24, 2.45) is 11.8 Å². The largest absolute Gasteiger partial charge is 0.309 e. The summed E-state index contributed by atoms with van der Waals surface area (Å²) in [4.78, 5) is 12.0. The van der Waals surface area contributed by atoms with Crippen LogP contribution in [0.5, 0.6) is 0 Å². The molecule has 0 radical (unpaired) electrons. The number of nitrogens with zero attached hydrogens (tertiary/aromatic N) is 1. The van der Waals surface area contributed by atoms with Crippen LogP contribution < -0.4 is 5.32 Å². The van der Waals surface area contributed by atoms with Crippen LogP contribution in [0.15, 0.2) is 6.07 Å². The summed E-state index contributed by atoms with van der Waals surface area (Å²) < 4.78 is 22.8. The lowest BCUT2D eigenvalue weighted by Crippen LogP contribution is -2.17. The van der Waals surface area contributed by atoms with Gasteiger partial charge in [0, 0.05) is 18.2 Å². The Morgan fingerprint density at radius 3 is 2.70 bits per heavy atom. The van der Waals surface area contributed by atoms with Gasteiger partial charge in [-0.15, -0.1) is 0 Å². The number of H-pyrrole nitrogens is 1. The number of hydrogen-bond acceptors (Lipinski definition) is 4. The fourth-order valence-corrected chi connectivity index (χ4v) is 5.58. The molecule has 7 heteroatoms. The third-order valence-electron chi connectivity index (χ3n) is 4.93. The first-order valence-corrected chi connectivity index (χ1v) is 10.4. The Hall–Kier alpha value is -1.37. The van der Waals surface area contributed by atoms with E-state index in [2.05, 4.69) is 15.5 Å². The SMILES string of the molecule is O=C(C[C@@H]1CCS(=O)(=O)C1)Nc1cc(CC2CCCCC2)[nH]n1. The lowest BCUT2D eigenvalue weighted by molar-refractivity contribution is -0.116. The first kappa shape index (κ1) is 16.5. The summed E-state index contributed by atoms with van der Waals surface area (Å²) >= 11 is 0. The molecule has 1 aliphatic carbocycles. The molecule has 1 saturated heterocycles. The van der Waals surface area contributed by atoms with Crippen molar-refractivity contribution in [2.45, 2.75) is 51.4 Å². The van der Waals surface area contributed by atoms with Gasteiger partial charge in [-0.2, -0.15) is 5.10 Å². The highest BCUT2D eigenvalue weighted by Gasteiger charge is 2.29. The fourth-order valence-electron chi connectivity index (χ4n) is 3.72. The van der Waals surface area contributed by atoms with E-state index >= 15 is 0 Å². The number of sulfone groups is 1. The second-order valence-electron chi connectivity index (χ2n) is 7.01. The third kappa shape index (κ3) is 4.80. The molecule has 0 spiro atoms. The molecule has 1 amide bonds. The van der Waals surface area contributed by atoms with Gasteiger partial charge < -0.3 is 5.32 Å². The summed E-state index contributed by atoms with van der Waals surface area (Å²) in [6.45, 7) is 0. The van der Waals surface area contributed by atoms with Gasteiger partial charge in [-0.1, -0.05) is 32.1 Å². The van der Waals surface area contributed by atoms with Gasteiger partial charge >= 0.3 is 0 Å². The van der Waals surface area contributed by atoms with E-state index in [4.69, 9.17) is 0 Å². The van der Waals surface area contributed by atoms with E-state index in [1.165, 1.54) is 32.1 Å². The maximum atomic E-state index is 12.0. The van der Waals surface area contributed by atoms with Crippen molar-refractivity contribution >= 4 is 21.6 Å². The van der Waals surface area contributed by atoms with E-state index in [0.717, 1.165) is 18.0 Å². The summed E-state index contributed by atoms with van der Waals surface area (Å²) in [5, 5.41) is 9.93. The Bertz CT molecular complexity index is 647. The second-order valence-corrected chi connectivity index (χ2v) is 9.24. The standard InChI is InChI=1S/C16H25N3O3S/c20-16(9-13-6-7-23(21,22)11-13)17-15-10-14(18-19-15)8-12-4-2-1-3-5-12/h10,12-13H,1-9,11H2,(H2,17,18,19,20)/t13-/m0/s1. The number of anilines is 1. The number of aromatic nitrogens is 2. The second kappa shape index (κ2) is 7.03. The average molecular weight is 339 g/mol. The van der Waals surface area contributed by atoms with Crippen molar-refractivity contribution < 1.29 is 13.2 Å². The van der Waals surface area contributed by atoms with Crippen LogP contribution in [0.2, 0.25) is 0 Å². The predicted octanol–water partition coefficient (Wildman–Crippen LogP) is 2.30. The van der Waals surface area contributed by atoms with E-state index in [1.807, 2.05) is 6.07 Å². The molecule has 1 aromatic rings. The fraction of sp³-hybridized carbons (Fsp3) is 0.750. The zero-order chi connectivity index (χ0) is 16.3. The average Bonchev–Trinajstić information content (AvgIpc) is 3.06. The summed E-state index contributed by atoms with van der Waals surface area (Å²) in [5.41, 5.74) is 1.07. The van der Waals surface area contributed by atoms with Crippen molar-refractivity contribution in [2.75, 3.05) is 16.8 Å². The summed E-state index contributed by atoms with van der Waals surface area (Å²) in [6.07, 6.45) is 8.35. The first-order valence-electron chi connectivity index (χ1n) is 8.55. The topological polar surface area (TPSA) is 91.9 Å². The summed E-state index contributed by atoms with van der Waals surface area (Å²) in [5.74, 6) is 1.40. The van der Waals surface area contributed by atoms with E-state index in [1.54, 1.807) is 0 Å². The van der Waals surface area contributed by atoms with E-state index in [-0.39, 0.29) is 29.8 Å². The van der Waals surface area contributed by atoms with Crippen LogP contribution in [0.1, 0.15) is 50.6 Å². The number of aromatic amines is 1. The molecule has 1 saturated carbocycles. The highest BCUT2D eigenvalue weighted by Crippen LogP contribution is 2.27. The van der Waals surface area contributed by atoms with Crippen LogP contribution in [-0.2, 0) is 21.1 Å². The molecule has 1 aromatic heterocycles. The lowest BCUT2D eigenvalue weighted by atomic mass is 9.86. The maximum absolute atomic E-state index is 12.0. The zero-order valence-corrected chi connectivity index (χ0v) is 14.2. The van der Waals surface area contributed by atoms with E-state index < -0.39 is 9.84 Å². The van der Waals surface area contributed by atoms with Crippen molar-refractivity contribution in [3.63, 3.8) is 0 Å². The van der Waals surface area contributed by atoms with Crippen molar-refractivity contribution in [1.29, 1.82) is 0 Å². The molecule has 128 valence electrons. The van der Waals surface area contributed by atoms with Crippen LogP contribution in [0, 0.1) is 11.8 Å². The molecule has 2 fully saturated rings. The molecule has 2 N–H and O–H groups in total. The molecular weight excluding hydrogens is 314 g/mol. The molecule has 0 bridgehead atoms. The highest BCUT2D eigenvalue weighted by atomic mass is 32.2. The quantitative estimate of drug-likeness (QED) is 0.861. The van der Waals surface area contributed by atoms with Crippen molar-refractivity contribution in [3.8, 4) is 0 Å². The van der Waals surface area contributed by atoms with Crippen LogP contribution in [0.25, 0.3) is 0 Å². The number of amides is 1. The van der Waals surface area contributed by atoms with Crippen LogP contribution in [-0.4, -0.2) is 36.0 Å². The van der Waals surface area contributed by atoms with Gasteiger partial charge in [0.2, 0.25) is 5.91 Å². The summed E-state index contributed by atoms with van der Waals surface area (Å²) in [7, 11) is -2.93. The third-order valence-corrected chi connectivity index (χ3v) is 6.77. The van der Waals surface area contributed by atoms with Gasteiger partial charge in [-0.25, -0.2) is 8.42 Å². The van der Waals surface area contributed by atoms with Gasteiger partial charge in [0.05, 0.1) is 11.5 Å². The molecule has 2 heterocycles. The number of nitrogens with one attached hydrogen (secondary N) is 2. The van der Waals surface area contributed by atoms with E-state index in [9.17, 15) is 13.2 Å². The molecule has 0 aromatic carbocycles. The van der Waals surface area contributed by atoms with Crippen LogP contribution >= 0.6 is 0 Å². The molecule has 23 heavy (non-hydrogen) atoms. The molecule has 1 aliphatic heterocycles. The molecule has 1 atom stereocenters. The Balaban J connectivity index is 1.47. The number of carbonyl (C=O) groups is 1. The molecule has 0 unspecified atom stereocenters. The Morgan fingerprint density at radius 1 is 1.22 bits per heavy atom. The Kier molecular flexibility index (Phi) is 5.04. The van der Waals surface area contributed by atoms with Crippen LogP contribution in [0.3, 0.4) is 0 Å². The minimum Gasteiger partial charge on any atom is -0.309 e. The first-order chi connectivity index (χ1) is 11.0. The monoisotopic (exact) mass is 339 g/mol. The zero-order valence-electron chi connectivity index (χ0n) is 13.4. The maximum Gasteiger partial charge on any atom is 0.225 e. The Morgan fingerprint density at radius 2 is 2.00 bits per heavy atom. The number of carbonyl (C=O) groups excluding carboxylic acids is 1. The highest BCUT2D eigenvalue weighted by molar-refractivity contribution is 7.91. The molecule has 6 nitrogen and oxygen atoms in total. The van der Waals surface area contributed by atoms with Gasteiger partial charge in [0.15, 0.2) is 15.7 Å². The normalized spacial score (nSPS) is 24.6. The van der Waals surface area contributed by atoms with Gasteiger partial charge in [-0.05, 0) is 24.7 Å².